The van der Waals surface area contributed by atoms with Gasteiger partial charge >= 0.3 is 12.4 Å². The number of amidine groups is 1. The Labute approximate surface area is 249 Å². The summed E-state index contributed by atoms with van der Waals surface area (Å²) < 4.78 is 90.4. The number of rotatable bonds is 6. The third-order valence-electron chi connectivity index (χ3n) is 7.90. The van der Waals surface area contributed by atoms with Crippen molar-refractivity contribution in [2.24, 2.45) is 4.99 Å². The summed E-state index contributed by atoms with van der Waals surface area (Å²) in [5.41, 5.74) is -2.69. The van der Waals surface area contributed by atoms with E-state index in [0.29, 0.717) is 27.7 Å². The number of benzene rings is 2. The summed E-state index contributed by atoms with van der Waals surface area (Å²) in [5, 5.41) is 0.670. The molecule has 1 aliphatic carbocycles. The van der Waals surface area contributed by atoms with Gasteiger partial charge in [0, 0.05) is 37.8 Å². The molecule has 0 bridgehead atoms. The van der Waals surface area contributed by atoms with Crippen LogP contribution in [0.4, 0.5) is 26.3 Å². The topological polar surface area (TPSA) is 54.4 Å². The molecule has 6 nitrogen and oxygen atoms in total. The number of alkyl halides is 6. The fraction of sp³-hybridized carbons (Fsp3) is 0.467. The van der Waals surface area contributed by atoms with E-state index in [1.165, 1.54) is 57.0 Å². The number of amides is 1. The minimum atomic E-state index is -5.00. The third-order valence-corrected chi connectivity index (χ3v) is 8.94. The van der Waals surface area contributed by atoms with Gasteiger partial charge in [0.2, 0.25) is 0 Å². The molecule has 2 aromatic rings. The van der Waals surface area contributed by atoms with Gasteiger partial charge in [-0.3, -0.25) is 9.69 Å². The van der Waals surface area contributed by atoms with Gasteiger partial charge in [0.15, 0.2) is 16.7 Å². The summed E-state index contributed by atoms with van der Waals surface area (Å²) in [6, 6.07) is 6.71. The van der Waals surface area contributed by atoms with E-state index in [1.807, 2.05) is 0 Å². The molecule has 2 aliphatic heterocycles. The molecule has 0 spiro atoms. The highest BCUT2D eigenvalue weighted by Crippen LogP contribution is 2.39. The van der Waals surface area contributed by atoms with Crippen LogP contribution in [0.3, 0.4) is 0 Å². The minimum Gasteiger partial charge on any atom is -0.493 e. The molecule has 3 aliphatic rings. The molecular formula is C30H31F6N3O3S. The number of methoxy groups -OCH3 is 1. The van der Waals surface area contributed by atoms with Crippen molar-refractivity contribution in [3.63, 3.8) is 0 Å². The zero-order chi connectivity index (χ0) is 30.8. The maximum absolute atomic E-state index is 13.5. The van der Waals surface area contributed by atoms with Crippen LogP contribution in [0.5, 0.6) is 11.5 Å². The molecule has 0 N–H and O–H groups in total. The molecule has 1 amide bonds. The lowest BCUT2D eigenvalue weighted by Gasteiger charge is -2.41. The summed E-state index contributed by atoms with van der Waals surface area (Å²) in [7, 11) is 1.35. The first kappa shape index (κ1) is 31.2. The first-order valence-corrected chi connectivity index (χ1v) is 14.8. The molecule has 0 unspecified atom stereocenters. The molecule has 0 aromatic heterocycles. The first-order chi connectivity index (χ1) is 20.4. The highest BCUT2D eigenvalue weighted by molar-refractivity contribution is 8.18. The molecule has 2 heterocycles. The maximum Gasteiger partial charge on any atom is 0.416 e. The number of piperazine rings is 1. The van der Waals surface area contributed by atoms with Crippen molar-refractivity contribution in [1.29, 1.82) is 0 Å². The van der Waals surface area contributed by atoms with E-state index in [-0.39, 0.29) is 23.5 Å². The Morgan fingerprint density at radius 3 is 2.30 bits per heavy atom. The SMILES string of the molecule is COc1cc(/C=C2/SC(N3CCN(C4CCCCC4)CC3)=NC2=O)ccc1OCc1ccc(C(F)(F)F)cc1C(F)(F)F. The second-order valence-electron chi connectivity index (χ2n) is 10.7. The van der Waals surface area contributed by atoms with Gasteiger partial charge < -0.3 is 14.4 Å². The van der Waals surface area contributed by atoms with E-state index in [0.717, 1.165) is 32.2 Å². The second kappa shape index (κ2) is 12.8. The molecule has 13 heteroatoms. The van der Waals surface area contributed by atoms with Gasteiger partial charge in [0.05, 0.1) is 23.1 Å². The van der Waals surface area contributed by atoms with Crippen molar-refractivity contribution >= 4 is 28.9 Å². The average molecular weight is 628 g/mol. The highest BCUT2D eigenvalue weighted by atomic mass is 32.2. The molecule has 1 saturated carbocycles. The van der Waals surface area contributed by atoms with Gasteiger partial charge in [0.25, 0.3) is 5.91 Å². The number of carbonyl (C=O) groups excluding carboxylic acids is 1. The van der Waals surface area contributed by atoms with E-state index >= 15 is 0 Å². The standard InChI is InChI=1S/C30H31F6N3O3S/c1-41-25-15-19(7-10-24(25)42-18-20-8-9-21(29(31,32)33)17-23(20)30(34,35)36)16-26-27(40)37-28(43-26)39-13-11-38(12-14-39)22-5-3-2-4-6-22/h7-10,15-17,22H,2-6,11-14,18H2,1H3/b26-16+. The minimum absolute atomic E-state index is 0.0779. The number of carbonyl (C=O) groups is 1. The number of thioether (sulfide) groups is 1. The first-order valence-electron chi connectivity index (χ1n) is 14.0. The Balaban J connectivity index is 1.23. The van der Waals surface area contributed by atoms with Crippen LogP contribution in [0.15, 0.2) is 46.3 Å². The monoisotopic (exact) mass is 627 g/mol. The molecular weight excluding hydrogens is 596 g/mol. The van der Waals surface area contributed by atoms with Crippen LogP contribution in [-0.2, 0) is 23.8 Å². The number of hydrogen-bond donors (Lipinski definition) is 0. The van der Waals surface area contributed by atoms with Crippen LogP contribution in [0.25, 0.3) is 6.08 Å². The average Bonchev–Trinajstić information content (AvgIpc) is 3.35. The molecule has 43 heavy (non-hydrogen) atoms. The smallest absolute Gasteiger partial charge is 0.416 e. The van der Waals surface area contributed by atoms with Crippen LogP contribution in [0.1, 0.15) is 54.4 Å². The summed E-state index contributed by atoms with van der Waals surface area (Å²) in [6.45, 7) is 2.85. The predicted molar refractivity (Wildman–Crippen MR) is 152 cm³/mol. The van der Waals surface area contributed by atoms with Crippen LogP contribution in [0, 0.1) is 0 Å². The predicted octanol–water partition coefficient (Wildman–Crippen LogP) is 7.23. The van der Waals surface area contributed by atoms with Gasteiger partial charge in [-0.2, -0.15) is 31.3 Å². The lowest BCUT2D eigenvalue weighted by molar-refractivity contribution is -0.143. The zero-order valence-electron chi connectivity index (χ0n) is 23.4. The number of nitrogens with zero attached hydrogens (tertiary/aromatic N) is 3. The largest absolute Gasteiger partial charge is 0.493 e. The molecule has 0 radical (unpaired) electrons. The van der Waals surface area contributed by atoms with Gasteiger partial charge in [-0.05, 0) is 60.5 Å². The van der Waals surface area contributed by atoms with Crippen LogP contribution < -0.4 is 9.47 Å². The highest BCUT2D eigenvalue weighted by Gasteiger charge is 2.38. The van der Waals surface area contributed by atoms with Gasteiger partial charge in [-0.25, -0.2) is 0 Å². The van der Waals surface area contributed by atoms with Gasteiger partial charge in [0.1, 0.15) is 6.61 Å². The Morgan fingerprint density at radius 2 is 1.65 bits per heavy atom. The fourth-order valence-electron chi connectivity index (χ4n) is 5.60. The summed E-state index contributed by atoms with van der Waals surface area (Å²) in [5.74, 6) is -0.0721. The summed E-state index contributed by atoms with van der Waals surface area (Å²) in [6.07, 6.45) is -1.88. The summed E-state index contributed by atoms with van der Waals surface area (Å²) >= 11 is 1.30. The normalized spacial score (nSPS) is 20.1. The van der Waals surface area contributed by atoms with Crippen molar-refractivity contribution in [3.8, 4) is 11.5 Å². The van der Waals surface area contributed by atoms with Crippen molar-refractivity contribution in [2.45, 2.75) is 57.1 Å². The van der Waals surface area contributed by atoms with Crippen LogP contribution >= 0.6 is 11.8 Å². The third kappa shape index (κ3) is 7.49. The lowest BCUT2D eigenvalue weighted by atomic mass is 9.94. The van der Waals surface area contributed by atoms with E-state index in [4.69, 9.17) is 9.47 Å². The van der Waals surface area contributed by atoms with E-state index in [2.05, 4.69) is 14.8 Å². The number of hydrogen-bond acceptors (Lipinski definition) is 6. The Bertz CT molecular complexity index is 1390. The molecule has 2 fully saturated rings. The Morgan fingerprint density at radius 1 is 0.930 bits per heavy atom. The van der Waals surface area contributed by atoms with Crippen molar-refractivity contribution < 1.29 is 40.6 Å². The molecule has 1 saturated heterocycles. The maximum atomic E-state index is 13.5. The Hall–Kier alpha value is -3.19. The van der Waals surface area contributed by atoms with Crippen molar-refractivity contribution in [2.75, 3.05) is 33.3 Å². The number of aliphatic imine (C=N–C) groups is 1. The fourth-order valence-corrected chi connectivity index (χ4v) is 6.57. The quantitative estimate of drug-likeness (QED) is 0.249. The number of ether oxygens (including phenoxy) is 2. The van der Waals surface area contributed by atoms with Crippen molar-refractivity contribution in [3.05, 3.63) is 63.6 Å². The summed E-state index contributed by atoms with van der Waals surface area (Å²) in [4.78, 5) is 22.1. The molecule has 232 valence electrons. The van der Waals surface area contributed by atoms with Crippen LogP contribution in [0.2, 0.25) is 0 Å². The van der Waals surface area contributed by atoms with E-state index in [1.54, 1.807) is 18.2 Å². The van der Waals surface area contributed by atoms with Gasteiger partial charge in [-0.15, -0.1) is 0 Å². The lowest BCUT2D eigenvalue weighted by Crippen LogP contribution is -2.51. The number of halogens is 6. The second-order valence-corrected chi connectivity index (χ2v) is 11.7. The van der Waals surface area contributed by atoms with Gasteiger partial charge in [-0.1, -0.05) is 31.4 Å². The zero-order valence-corrected chi connectivity index (χ0v) is 24.2. The van der Waals surface area contributed by atoms with E-state index in [9.17, 15) is 31.1 Å². The van der Waals surface area contributed by atoms with Crippen LogP contribution in [-0.4, -0.2) is 60.2 Å². The Kier molecular flexibility index (Phi) is 9.31. The molecule has 0 atom stereocenters. The van der Waals surface area contributed by atoms with E-state index < -0.39 is 35.6 Å². The molecule has 5 rings (SSSR count). The van der Waals surface area contributed by atoms with Crippen molar-refractivity contribution in [1.82, 2.24) is 9.80 Å². The molecule has 2 aromatic carbocycles.